The van der Waals surface area contributed by atoms with Gasteiger partial charge in [0.25, 0.3) is 0 Å². The first-order chi connectivity index (χ1) is 20.7. The van der Waals surface area contributed by atoms with Gasteiger partial charge in [0.1, 0.15) is 11.5 Å². The van der Waals surface area contributed by atoms with Crippen LogP contribution in [0.25, 0.3) is 33.6 Å². The number of aryl methyl sites for hydroxylation is 2. The van der Waals surface area contributed by atoms with Gasteiger partial charge in [-0.25, -0.2) is 9.97 Å². The fourth-order valence-electron chi connectivity index (χ4n) is 5.11. The summed E-state index contributed by atoms with van der Waals surface area (Å²) in [6.07, 6.45) is 7.53. The predicted molar refractivity (Wildman–Crippen MR) is 165 cm³/mol. The number of nitrogens with zero attached hydrogens (tertiary/aromatic N) is 6. The van der Waals surface area contributed by atoms with Crippen LogP contribution in [0.15, 0.2) is 90.6 Å². The maximum absolute atomic E-state index is 13.3. The molecule has 0 spiro atoms. The number of benzene rings is 3. The normalized spacial score (nSPS) is 11.2. The number of rotatable bonds is 12. The highest BCUT2D eigenvalue weighted by molar-refractivity contribution is 7.09. The van der Waals surface area contributed by atoms with Crippen LogP contribution in [0.5, 0.6) is 0 Å². The second kappa shape index (κ2) is 12.8. The number of H-pyrrole nitrogens is 1. The zero-order valence-corrected chi connectivity index (χ0v) is 24.2. The summed E-state index contributed by atoms with van der Waals surface area (Å²) in [5.41, 5.74) is 6.99. The van der Waals surface area contributed by atoms with Crippen LogP contribution in [0.1, 0.15) is 53.1 Å². The Balaban J connectivity index is 1.29. The Hall–Kier alpha value is -4.76. The minimum Gasteiger partial charge on any atom is -0.321 e. The number of hydrogen-bond acceptors (Lipinski definition) is 7. The average molecular weight is 574 g/mol. The second-order valence-electron chi connectivity index (χ2n) is 10.2. The molecule has 0 fully saturated rings. The van der Waals surface area contributed by atoms with Crippen LogP contribution >= 0.6 is 11.3 Å². The number of tetrazole rings is 1. The molecule has 3 heterocycles. The lowest BCUT2D eigenvalue weighted by atomic mass is 9.93. The van der Waals surface area contributed by atoms with Gasteiger partial charge in [0.05, 0.1) is 11.2 Å². The smallest absolute Gasteiger partial charge is 0.205 e. The van der Waals surface area contributed by atoms with Crippen LogP contribution in [0, 0.1) is 0 Å². The van der Waals surface area contributed by atoms with Crippen LogP contribution in [0.3, 0.4) is 0 Å². The molecule has 0 bridgehead atoms. The highest BCUT2D eigenvalue weighted by Crippen LogP contribution is 2.34. The van der Waals surface area contributed by atoms with E-state index in [0.717, 1.165) is 63.5 Å². The number of unbranched alkanes of at least 4 members (excludes halogenated alkanes) is 1. The largest absolute Gasteiger partial charge is 0.321 e. The van der Waals surface area contributed by atoms with Crippen molar-refractivity contribution in [1.82, 2.24) is 35.2 Å². The maximum Gasteiger partial charge on any atom is 0.205 e. The van der Waals surface area contributed by atoms with Gasteiger partial charge in [0.15, 0.2) is 5.78 Å². The topological polar surface area (TPSA) is 102 Å². The number of Topliss-reactive ketones (excluding diaryl/α,β-unsaturated/α-hetero) is 1. The third-order valence-electron chi connectivity index (χ3n) is 7.35. The Morgan fingerprint density at radius 3 is 2.48 bits per heavy atom. The van der Waals surface area contributed by atoms with Gasteiger partial charge in [0.2, 0.25) is 5.82 Å². The summed E-state index contributed by atoms with van der Waals surface area (Å²) in [4.78, 5) is 22.3. The molecule has 0 aliphatic heterocycles. The number of imidazole rings is 1. The van der Waals surface area contributed by atoms with Crippen LogP contribution in [0.2, 0.25) is 0 Å². The van der Waals surface area contributed by atoms with Crippen molar-refractivity contribution >= 4 is 17.1 Å². The molecule has 42 heavy (non-hydrogen) atoms. The molecule has 0 atom stereocenters. The molecule has 0 saturated heterocycles. The van der Waals surface area contributed by atoms with Crippen molar-refractivity contribution in [3.8, 4) is 33.6 Å². The summed E-state index contributed by atoms with van der Waals surface area (Å²) in [6, 6.07) is 25.1. The Morgan fingerprint density at radius 2 is 1.74 bits per heavy atom. The summed E-state index contributed by atoms with van der Waals surface area (Å²) in [7, 11) is 0. The molecule has 0 radical (unpaired) electrons. The molecule has 6 rings (SSSR count). The Bertz CT molecular complexity index is 1740. The number of carbonyl (C=O) groups excluding carboxylic acids is 1. The number of nitrogens with one attached hydrogen (secondary N) is 1. The zero-order valence-electron chi connectivity index (χ0n) is 23.4. The van der Waals surface area contributed by atoms with E-state index in [4.69, 9.17) is 0 Å². The molecule has 8 nitrogen and oxygen atoms in total. The Labute approximate surface area is 248 Å². The monoisotopic (exact) mass is 573 g/mol. The van der Waals surface area contributed by atoms with Crippen molar-refractivity contribution < 1.29 is 4.79 Å². The number of hydrogen-bond donors (Lipinski definition) is 1. The van der Waals surface area contributed by atoms with Gasteiger partial charge in [-0.3, -0.25) is 4.79 Å². The van der Waals surface area contributed by atoms with E-state index in [9.17, 15) is 4.79 Å². The van der Waals surface area contributed by atoms with E-state index in [-0.39, 0.29) is 5.78 Å². The number of aromatic nitrogens is 7. The number of aromatic amines is 1. The summed E-state index contributed by atoms with van der Waals surface area (Å²) in [5.74, 6) is 1.60. The lowest BCUT2D eigenvalue weighted by Gasteiger charge is -2.14. The van der Waals surface area contributed by atoms with Crippen molar-refractivity contribution in [2.24, 2.45) is 0 Å². The minimum atomic E-state index is 0.0968. The van der Waals surface area contributed by atoms with Crippen LogP contribution in [0.4, 0.5) is 0 Å². The number of thiazole rings is 1. The predicted octanol–water partition coefficient (Wildman–Crippen LogP) is 7.06. The Morgan fingerprint density at radius 1 is 0.905 bits per heavy atom. The van der Waals surface area contributed by atoms with Crippen molar-refractivity contribution in [2.75, 3.05) is 0 Å². The van der Waals surface area contributed by atoms with Gasteiger partial charge >= 0.3 is 0 Å². The van der Waals surface area contributed by atoms with E-state index >= 15 is 0 Å². The molecular formula is C33H31N7OS. The first kappa shape index (κ1) is 27.4. The van der Waals surface area contributed by atoms with Crippen molar-refractivity contribution in [3.05, 3.63) is 113 Å². The summed E-state index contributed by atoms with van der Waals surface area (Å²) in [6.45, 7) is 2.75. The lowest BCUT2D eigenvalue weighted by molar-refractivity contribution is 0.0974. The van der Waals surface area contributed by atoms with Crippen molar-refractivity contribution in [2.45, 2.75) is 45.6 Å². The van der Waals surface area contributed by atoms with Crippen LogP contribution in [-0.4, -0.2) is 40.9 Å². The minimum absolute atomic E-state index is 0.0968. The van der Waals surface area contributed by atoms with Gasteiger partial charge < -0.3 is 4.57 Å². The first-order valence-corrected chi connectivity index (χ1v) is 15.1. The molecule has 0 aliphatic carbocycles. The third kappa shape index (κ3) is 6.11. The van der Waals surface area contributed by atoms with Gasteiger partial charge in [0, 0.05) is 42.9 Å². The van der Waals surface area contributed by atoms with Gasteiger partial charge in [-0.1, -0.05) is 74.0 Å². The lowest BCUT2D eigenvalue weighted by Crippen LogP contribution is -2.13. The molecule has 1 N–H and O–H groups in total. The van der Waals surface area contributed by atoms with E-state index in [2.05, 4.69) is 90.6 Å². The molecule has 9 heteroatoms. The second-order valence-corrected chi connectivity index (χ2v) is 11.1. The van der Waals surface area contributed by atoms with E-state index in [0.29, 0.717) is 30.9 Å². The molecule has 0 unspecified atom stereocenters. The van der Waals surface area contributed by atoms with E-state index < -0.39 is 0 Å². The molecular weight excluding hydrogens is 542 g/mol. The first-order valence-electron chi connectivity index (χ1n) is 14.2. The van der Waals surface area contributed by atoms with Gasteiger partial charge in [-0.15, -0.1) is 21.5 Å². The van der Waals surface area contributed by atoms with Crippen LogP contribution < -0.4 is 0 Å². The van der Waals surface area contributed by atoms with Gasteiger partial charge in [-0.05, 0) is 51.6 Å². The molecule has 3 aromatic heterocycles. The summed E-state index contributed by atoms with van der Waals surface area (Å²) in [5, 5.41) is 17.7. The highest BCUT2D eigenvalue weighted by Gasteiger charge is 2.18. The fourth-order valence-corrected chi connectivity index (χ4v) is 5.73. The van der Waals surface area contributed by atoms with Gasteiger partial charge in [-0.2, -0.15) is 5.21 Å². The molecule has 6 aromatic rings. The molecule has 210 valence electrons. The fraction of sp³-hybridized carbons (Fsp3) is 0.212. The van der Waals surface area contributed by atoms with E-state index in [1.165, 1.54) is 0 Å². The molecule has 0 aliphatic rings. The quantitative estimate of drug-likeness (QED) is 0.157. The SMILES string of the molecule is CCCCc1ncc(C(=O)CCc2nccs2)n1Cc1ccc(-c2cc(-c3ccccc3)ccc2-c2nn[nH]n2)cc1. The third-order valence-corrected chi connectivity index (χ3v) is 8.19. The zero-order chi connectivity index (χ0) is 28.7. The standard InChI is InChI=1S/C33H31N7OS/c1-2-3-9-31-35-21-29(30(41)16-17-32-34-18-19-42-32)40(31)22-23-10-12-25(13-11-23)28-20-26(24-7-5-4-6-8-24)14-15-27(28)33-36-38-39-37-33/h4-8,10-15,18-21H,2-3,9,16-17,22H2,1H3,(H,36,37,38,39). The maximum atomic E-state index is 13.3. The summed E-state index contributed by atoms with van der Waals surface area (Å²) >= 11 is 1.58. The number of ketones is 1. The average Bonchev–Trinajstić information content (AvgIpc) is 3.83. The Kier molecular flexibility index (Phi) is 8.37. The van der Waals surface area contributed by atoms with Crippen LogP contribution in [-0.2, 0) is 19.4 Å². The van der Waals surface area contributed by atoms with Crippen molar-refractivity contribution in [1.29, 1.82) is 0 Å². The van der Waals surface area contributed by atoms with E-state index in [1.807, 2.05) is 29.6 Å². The van der Waals surface area contributed by atoms with E-state index in [1.54, 1.807) is 23.7 Å². The molecule has 0 amide bonds. The summed E-state index contributed by atoms with van der Waals surface area (Å²) < 4.78 is 2.09. The van der Waals surface area contributed by atoms with Crippen molar-refractivity contribution in [3.63, 3.8) is 0 Å². The highest BCUT2D eigenvalue weighted by atomic mass is 32.1. The number of carbonyl (C=O) groups is 1. The molecule has 3 aromatic carbocycles. The molecule has 0 saturated carbocycles.